The highest BCUT2D eigenvalue weighted by atomic mass is 16.2. The molecule has 0 bridgehead atoms. The van der Waals surface area contributed by atoms with Gasteiger partial charge in [0.15, 0.2) is 0 Å². The lowest BCUT2D eigenvalue weighted by atomic mass is 10.0. The number of nitrogens with two attached hydrogens (primary N) is 1. The molecule has 2 N–H and O–H groups in total. The van der Waals surface area contributed by atoms with Crippen molar-refractivity contribution in [1.82, 2.24) is 9.80 Å². The molecule has 1 atom stereocenters. The Hall–Kier alpha value is -1.05. The standard InChI is InChI=1S/C13H23N3O/c1-4-5-15-6-8-16(9-7-15)13(17)12(14)10-11(2)3/h1,11-12H,5-10,14H2,2-3H3. The van der Waals surface area contributed by atoms with Crippen LogP contribution in [0.3, 0.4) is 0 Å². The maximum Gasteiger partial charge on any atom is 0.239 e. The van der Waals surface area contributed by atoms with E-state index in [1.54, 1.807) is 0 Å². The van der Waals surface area contributed by atoms with Crippen LogP contribution in [-0.4, -0.2) is 54.5 Å². The number of piperazine rings is 1. The summed E-state index contributed by atoms with van der Waals surface area (Å²) >= 11 is 0. The van der Waals surface area contributed by atoms with Gasteiger partial charge < -0.3 is 10.6 Å². The first-order chi connectivity index (χ1) is 8.04. The lowest BCUT2D eigenvalue weighted by molar-refractivity contribution is -0.134. The van der Waals surface area contributed by atoms with E-state index in [1.807, 2.05) is 4.90 Å². The molecule has 1 heterocycles. The molecule has 17 heavy (non-hydrogen) atoms. The Kier molecular flexibility index (Phi) is 5.46. The van der Waals surface area contributed by atoms with Gasteiger partial charge in [0.2, 0.25) is 5.91 Å². The minimum absolute atomic E-state index is 0.0825. The fraction of sp³-hybridized carbons (Fsp3) is 0.769. The second-order valence-corrected chi connectivity index (χ2v) is 5.04. The summed E-state index contributed by atoms with van der Waals surface area (Å²) in [6.07, 6.45) is 6.02. The van der Waals surface area contributed by atoms with Crippen molar-refractivity contribution in [3.8, 4) is 12.3 Å². The molecule has 0 radical (unpaired) electrons. The highest BCUT2D eigenvalue weighted by Crippen LogP contribution is 2.08. The Morgan fingerprint density at radius 3 is 2.41 bits per heavy atom. The van der Waals surface area contributed by atoms with Crippen molar-refractivity contribution in [3.05, 3.63) is 0 Å². The molecule has 0 aromatic rings. The third-order valence-electron chi connectivity index (χ3n) is 3.04. The highest BCUT2D eigenvalue weighted by Gasteiger charge is 2.25. The van der Waals surface area contributed by atoms with Gasteiger partial charge >= 0.3 is 0 Å². The second-order valence-electron chi connectivity index (χ2n) is 5.04. The summed E-state index contributed by atoms with van der Waals surface area (Å²) in [6, 6.07) is -0.353. The second kappa shape index (κ2) is 6.63. The van der Waals surface area contributed by atoms with Crippen LogP contribution in [0, 0.1) is 18.3 Å². The first-order valence-corrected chi connectivity index (χ1v) is 6.24. The summed E-state index contributed by atoms with van der Waals surface area (Å²) < 4.78 is 0. The Morgan fingerprint density at radius 2 is 1.94 bits per heavy atom. The van der Waals surface area contributed by atoms with Crippen LogP contribution in [0.4, 0.5) is 0 Å². The summed E-state index contributed by atoms with van der Waals surface area (Å²) in [7, 11) is 0. The molecule has 4 heteroatoms. The van der Waals surface area contributed by atoms with E-state index in [0.717, 1.165) is 32.6 Å². The van der Waals surface area contributed by atoms with Gasteiger partial charge in [0.05, 0.1) is 12.6 Å². The van der Waals surface area contributed by atoms with E-state index in [2.05, 4.69) is 24.7 Å². The number of rotatable bonds is 4. The molecule has 1 amide bonds. The van der Waals surface area contributed by atoms with Gasteiger partial charge in [-0.3, -0.25) is 9.69 Å². The summed E-state index contributed by atoms with van der Waals surface area (Å²) in [5, 5.41) is 0. The Balaban J connectivity index is 2.38. The van der Waals surface area contributed by atoms with E-state index in [1.165, 1.54) is 0 Å². The summed E-state index contributed by atoms with van der Waals surface area (Å²) in [5.41, 5.74) is 5.91. The van der Waals surface area contributed by atoms with Gasteiger partial charge in [-0.05, 0) is 12.3 Å². The molecule has 1 rings (SSSR count). The van der Waals surface area contributed by atoms with Crippen molar-refractivity contribution >= 4 is 5.91 Å². The zero-order valence-corrected chi connectivity index (χ0v) is 10.9. The van der Waals surface area contributed by atoms with Crippen LogP contribution in [0.5, 0.6) is 0 Å². The average Bonchev–Trinajstić information content (AvgIpc) is 2.28. The summed E-state index contributed by atoms with van der Waals surface area (Å²) in [5.74, 6) is 3.17. The normalized spacial score (nSPS) is 19.1. The van der Waals surface area contributed by atoms with Gasteiger partial charge in [0.1, 0.15) is 0 Å². The minimum Gasteiger partial charge on any atom is -0.339 e. The molecule has 1 unspecified atom stereocenters. The van der Waals surface area contributed by atoms with E-state index in [4.69, 9.17) is 12.2 Å². The molecular weight excluding hydrogens is 214 g/mol. The van der Waals surface area contributed by atoms with Gasteiger partial charge in [-0.1, -0.05) is 19.8 Å². The Morgan fingerprint density at radius 1 is 1.35 bits per heavy atom. The van der Waals surface area contributed by atoms with E-state index < -0.39 is 0 Å². The summed E-state index contributed by atoms with van der Waals surface area (Å²) in [4.78, 5) is 16.1. The molecule has 4 nitrogen and oxygen atoms in total. The molecule has 0 spiro atoms. The molecule has 0 aromatic heterocycles. The van der Waals surface area contributed by atoms with E-state index in [0.29, 0.717) is 12.5 Å². The largest absolute Gasteiger partial charge is 0.339 e. The van der Waals surface area contributed by atoms with Gasteiger partial charge in [-0.25, -0.2) is 0 Å². The molecule has 0 aliphatic carbocycles. The van der Waals surface area contributed by atoms with Gasteiger partial charge in [0.25, 0.3) is 0 Å². The van der Waals surface area contributed by atoms with Crippen molar-refractivity contribution in [3.63, 3.8) is 0 Å². The number of carbonyl (C=O) groups is 1. The third-order valence-corrected chi connectivity index (χ3v) is 3.04. The molecule has 1 aliphatic rings. The maximum atomic E-state index is 12.0. The molecular formula is C13H23N3O. The molecule has 0 aromatic carbocycles. The van der Waals surface area contributed by atoms with Crippen LogP contribution in [0.25, 0.3) is 0 Å². The van der Waals surface area contributed by atoms with E-state index in [-0.39, 0.29) is 11.9 Å². The van der Waals surface area contributed by atoms with Crippen LogP contribution < -0.4 is 5.73 Å². The van der Waals surface area contributed by atoms with Crippen LogP contribution in [0.1, 0.15) is 20.3 Å². The van der Waals surface area contributed by atoms with Crippen molar-refractivity contribution < 1.29 is 4.79 Å². The number of terminal acetylenes is 1. The predicted octanol–water partition coefficient (Wildman–Crippen LogP) is 0.137. The minimum atomic E-state index is -0.353. The average molecular weight is 237 g/mol. The number of amides is 1. The molecule has 1 saturated heterocycles. The topological polar surface area (TPSA) is 49.6 Å². The van der Waals surface area contributed by atoms with Gasteiger partial charge in [-0.15, -0.1) is 6.42 Å². The van der Waals surface area contributed by atoms with Crippen molar-refractivity contribution in [2.75, 3.05) is 32.7 Å². The number of hydrogen-bond donors (Lipinski definition) is 1. The molecule has 1 aliphatic heterocycles. The first-order valence-electron chi connectivity index (χ1n) is 6.24. The van der Waals surface area contributed by atoms with Crippen molar-refractivity contribution in [2.24, 2.45) is 11.7 Å². The molecule has 96 valence electrons. The van der Waals surface area contributed by atoms with E-state index in [9.17, 15) is 4.79 Å². The van der Waals surface area contributed by atoms with Gasteiger partial charge in [0, 0.05) is 26.2 Å². The Labute approximate surface area is 104 Å². The predicted molar refractivity (Wildman–Crippen MR) is 69.3 cm³/mol. The molecule has 1 fully saturated rings. The Bertz CT molecular complexity index is 288. The smallest absolute Gasteiger partial charge is 0.239 e. The molecule has 0 saturated carbocycles. The number of nitrogens with zero attached hydrogens (tertiary/aromatic N) is 2. The number of carbonyl (C=O) groups excluding carboxylic acids is 1. The fourth-order valence-electron chi connectivity index (χ4n) is 2.10. The third kappa shape index (κ3) is 4.37. The van der Waals surface area contributed by atoms with Crippen LogP contribution in [-0.2, 0) is 4.79 Å². The van der Waals surface area contributed by atoms with E-state index >= 15 is 0 Å². The fourth-order valence-corrected chi connectivity index (χ4v) is 2.10. The highest BCUT2D eigenvalue weighted by molar-refractivity contribution is 5.81. The van der Waals surface area contributed by atoms with Crippen LogP contribution in [0.2, 0.25) is 0 Å². The lowest BCUT2D eigenvalue weighted by Gasteiger charge is -2.35. The summed E-state index contributed by atoms with van der Waals surface area (Å²) in [6.45, 7) is 8.02. The first kappa shape index (κ1) is 14.0. The van der Waals surface area contributed by atoms with Gasteiger partial charge in [-0.2, -0.15) is 0 Å². The lowest BCUT2D eigenvalue weighted by Crippen LogP contribution is -2.53. The van der Waals surface area contributed by atoms with Crippen LogP contribution >= 0.6 is 0 Å². The zero-order valence-electron chi connectivity index (χ0n) is 10.9. The van der Waals surface area contributed by atoms with Crippen LogP contribution in [0.15, 0.2) is 0 Å². The quantitative estimate of drug-likeness (QED) is 0.708. The maximum absolute atomic E-state index is 12.0. The monoisotopic (exact) mass is 237 g/mol. The zero-order chi connectivity index (χ0) is 12.8. The SMILES string of the molecule is C#CCN1CCN(C(=O)C(N)CC(C)C)CC1. The van der Waals surface area contributed by atoms with Crippen molar-refractivity contribution in [1.29, 1.82) is 0 Å². The number of hydrogen-bond acceptors (Lipinski definition) is 3. The van der Waals surface area contributed by atoms with Crippen molar-refractivity contribution in [2.45, 2.75) is 26.3 Å².